The van der Waals surface area contributed by atoms with E-state index in [0.29, 0.717) is 29.3 Å². The molecule has 11 nitrogen and oxygen atoms in total. The predicted molar refractivity (Wildman–Crippen MR) is 157 cm³/mol. The molecule has 2 aromatic carbocycles. The Bertz CT molecular complexity index is 1570. The number of imidazole rings is 2. The van der Waals surface area contributed by atoms with Crippen molar-refractivity contribution in [3.05, 3.63) is 78.1 Å². The quantitative estimate of drug-likeness (QED) is 0.162. The smallest absolute Gasteiger partial charge is 0.428 e. The van der Waals surface area contributed by atoms with Crippen LogP contribution in [0.2, 0.25) is 0 Å². The second-order valence-corrected chi connectivity index (χ2v) is 11.0. The number of carbonyl (C=O) groups is 3. The van der Waals surface area contributed by atoms with E-state index in [9.17, 15) is 18.8 Å². The third kappa shape index (κ3) is 8.51. The first-order valence-electron chi connectivity index (χ1n) is 13.7. The third-order valence-electron chi connectivity index (χ3n) is 6.13. The van der Waals surface area contributed by atoms with Gasteiger partial charge >= 0.3 is 12.1 Å². The maximum absolute atomic E-state index is 13.5. The lowest BCUT2D eigenvalue weighted by Gasteiger charge is -2.18. The largest absolute Gasteiger partial charge is 0.511 e. The van der Waals surface area contributed by atoms with Crippen LogP contribution in [0.15, 0.2) is 61.1 Å². The number of anilines is 1. The predicted octanol–water partition coefficient (Wildman–Crippen LogP) is 6.30. The van der Waals surface area contributed by atoms with Gasteiger partial charge in [-0.1, -0.05) is 12.1 Å². The number of H-pyrrole nitrogens is 1. The van der Waals surface area contributed by atoms with E-state index < -0.39 is 24.5 Å². The fourth-order valence-electron chi connectivity index (χ4n) is 4.06. The van der Waals surface area contributed by atoms with Gasteiger partial charge in [0.25, 0.3) is 5.91 Å². The van der Waals surface area contributed by atoms with E-state index in [-0.39, 0.29) is 29.9 Å². The summed E-state index contributed by atoms with van der Waals surface area (Å²) in [4.78, 5) is 48.5. The van der Waals surface area contributed by atoms with Gasteiger partial charge in [-0.15, -0.1) is 0 Å². The van der Waals surface area contributed by atoms with Gasteiger partial charge in [-0.05, 0) is 83.0 Å². The Morgan fingerprint density at radius 2 is 1.70 bits per heavy atom. The number of aryl methyl sites for hydroxylation is 1. The fourth-order valence-corrected chi connectivity index (χ4v) is 4.06. The first-order chi connectivity index (χ1) is 20.4. The average molecular weight is 592 g/mol. The zero-order chi connectivity index (χ0) is 31.1. The molecular formula is C31H34FN5O6. The van der Waals surface area contributed by atoms with Crippen molar-refractivity contribution in [3.8, 4) is 22.8 Å². The fraction of sp³-hybridized carbons (Fsp3) is 0.323. The number of benzene rings is 2. The number of ether oxygens (including phenoxy) is 3. The summed E-state index contributed by atoms with van der Waals surface area (Å²) >= 11 is 0. The highest BCUT2D eigenvalue weighted by molar-refractivity contribution is 6.03. The number of halogens is 1. The van der Waals surface area contributed by atoms with Gasteiger partial charge < -0.3 is 29.1 Å². The summed E-state index contributed by atoms with van der Waals surface area (Å²) in [7, 11) is 0. The molecule has 2 N–H and O–H groups in total. The summed E-state index contributed by atoms with van der Waals surface area (Å²) < 4.78 is 30.0. The number of hydrogen-bond acceptors (Lipinski definition) is 8. The Labute approximate surface area is 248 Å². The highest BCUT2D eigenvalue weighted by atomic mass is 19.1. The molecule has 43 heavy (non-hydrogen) atoms. The van der Waals surface area contributed by atoms with Crippen molar-refractivity contribution in [1.29, 1.82) is 0 Å². The maximum atomic E-state index is 13.5. The van der Waals surface area contributed by atoms with Gasteiger partial charge in [0.05, 0.1) is 18.2 Å². The Balaban J connectivity index is 1.33. The highest BCUT2D eigenvalue weighted by Gasteiger charge is 2.21. The minimum atomic E-state index is -0.916. The van der Waals surface area contributed by atoms with E-state index in [1.54, 1.807) is 63.5 Å². The Kier molecular flexibility index (Phi) is 9.59. The molecule has 0 atom stereocenters. The van der Waals surface area contributed by atoms with Crippen LogP contribution in [0.1, 0.15) is 63.1 Å². The minimum absolute atomic E-state index is 0.0602. The van der Waals surface area contributed by atoms with E-state index >= 15 is 0 Å². The van der Waals surface area contributed by atoms with Crippen LogP contribution in [0, 0.1) is 5.82 Å². The first-order valence-corrected chi connectivity index (χ1v) is 13.7. The summed E-state index contributed by atoms with van der Waals surface area (Å²) in [5.74, 6) is -0.811. The van der Waals surface area contributed by atoms with Gasteiger partial charge in [-0.3, -0.25) is 9.59 Å². The zero-order valence-corrected chi connectivity index (χ0v) is 24.6. The van der Waals surface area contributed by atoms with Crippen LogP contribution >= 0.6 is 0 Å². The molecular weight excluding hydrogens is 557 g/mol. The number of carbonyl (C=O) groups excluding carboxylic acids is 3. The lowest BCUT2D eigenvalue weighted by Crippen LogP contribution is -2.25. The van der Waals surface area contributed by atoms with Crippen molar-refractivity contribution >= 4 is 23.7 Å². The number of aromatic amines is 1. The molecule has 0 aliphatic rings. The Morgan fingerprint density at radius 3 is 2.35 bits per heavy atom. The summed E-state index contributed by atoms with van der Waals surface area (Å²) in [6.07, 6.45) is 2.70. The van der Waals surface area contributed by atoms with Crippen LogP contribution in [0.25, 0.3) is 22.8 Å². The van der Waals surface area contributed by atoms with Crippen LogP contribution in [-0.2, 0) is 25.4 Å². The molecule has 0 aliphatic carbocycles. The van der Waals surface area contributed by atoms with Gasteiger partial charge in [0.2, 0.25) is 6.79 Å². The molecule has 0 unspecified atom stereocenters. The van der Waals surface area contributed by atoms with Crippen molar-refractivity contribution < 1.29 is 33.0 Å². The van der Waals surface area contributed by atoms with E-state index in [1.165, 1.54) is 18.3 Å². The number of nitrogens with one attached hydrogen (secondary N) is 2. The molecule has 0 fully saturated rings. The van der Waals surface area contributed by atoms with E-state index in [0.717, 1.165) is 11.1 Å². The Morgan fingerprint density at radius 1 is 1.00 bits per heavy atom. The number of nitrogens with zero attached hydrogens (tertiary/aromatic N) is 3. The van der Waals surface area contributed by atoms with Crippen molar-refractivity contribution in [3.63, 3.8) is 0 Å². The van der Waals surface area contributed by atoms with Gasteiger partial charge in [0, 0.05) is 23.7 Å². The molecule has 0 aliphatic heterocycles. The molecule has 0 radical (unpaired) electrons. The summed E-state index contributed by atoms with van der Waals surface area (Å²) in [5, 5.41) is 2.83. The lowest BCUT2D eigenvalue weighted by molar-refractivity contribution is -0.154. The average Bonchev–Trinajstić information content (AvgIpc) is 3.60. The van der Waals surface area contributed by atoms with Crippen LogP contribution in [0.5, 0.6) is 0 Å². The van der Waals surface area contributed by atoms with Gasteiger partial charge in [-0.25, -0.2) is 19.2 Å². The SMILES string of the molecule is CC(C)n1cnc(-c2ccc(F)cc2)c1-c1ncc(C(=O)Nc2ccc(CCC(=O)OCOC(=O)OC(C)(C)C)cc2)[nH]1. The molecule has 0 bridgehead atoms. The van der Waals surface area contributed by atoms with Crippen molar-refractivity contribution in [2.24, 2.45) is 0 Å². The molecule has 2 aromatic heterocycles. The zero-order valence-electron chi connectivity index (χ0n) is 24.6. The molecule has 226 valence electrons. The second-order valence-electron chi connectivity index (χ2n) is 11.0. The van der Waals surface area contributed by atoms with Gasteiger partial charge in [0.15, 0.2) is 5.82 Å². The van der Waals surface area contributed by atoms with Crippen molar-refractivity contribution in [2.75, 3.05) is 12.1 Å². The van der Waals surface area contributed by atoms with Gasteiger partial charge in [-0.2, -0.15) is 0 Å². The summed E-state index contributed by atoms with van der Waals surface area (Å²) in [5.41, 5.74) is 2.96. The second kappa shape index (κ2) is 13.3. The molecule has 0 saturated heterocycles. The third-order valence-corrected chi connectivity index (χ3v) is 6.13. The number of amides is 1. The Hall–Kier alpha value is -5.00. The molecule has 0 spiro atoms. The topological polar surface area (TPSA) is 137 Å². The van der Waals surface area contributed by atoms with Crippen LogP contribution in [0.3, 0.4) is 0 Å². The monoisotopic (exact) mass is 591 g/mol. The summed E-state index contributed by atoms with van der Waals surface area (Å²) in [6, 6.07) is 13.1. The highest BCUT2D eigenvalue weighted by Crippen LogP contribution is 2.32. The van der Waals surface area contributed by atoms with Crippen molar-refractivity contribution in [2.45, 2.75) is 59.1 Å². The lowest BCUT2D eigenvalue weighted by atomic mass is 10.1. The molecule has 2 heterocycles. The molecule has 0 saturated carbocycles. The van der Waals surface area contributed by atoms with Crippen LogP contribution in [-0.4, -0.2) is 49.9 Å². The molecule has 1 amide bonds. The van der Waals surface area contributed by atoms with E-state index in [1.807, 2.05) is 18.4 Å². The number of hydrogen-bond donors (Lipinski definition) is 2. The molecule has 4 rings (SSSR count). The number of rotatable bonds is 10. The normalized spacial score (nSPS) is 11.3. The standard InChI is InChI=1S/C31H34FN5O6/c1-19(2)37-17-34-26(21-9-11-22(32)12-10-21)27(37)28-33-16-24(36-28)29(39)35-23-13-6-20(7-14-23)8-15-25(38)41-18-42-30(40)43-31(3,4)5/h6-7,9-14,16-17,19H,8,15,18H2,1-5H3,(H,33,36)(H,35,39). The van der Waals surface area contributed by atoms with Crippen molar-refractivity contribution in [1.82, 2.24) is 19.5 Å². The van der Waals surface area contributed by atoms with Crippen LogP contribution in [0.4, 0.5) is 14.9 Å². The van der Waals surface area contributed by atoms with E-state index in [4.69, 9.17) is 14.2 Å². The molecule has 4 aromatic rings. The number of aromatic nitrogens is 4. The van der Waals surface area contributed by atoms with Gasteiger partial charge in [0.1, 0.15) is 22.8 Å². The summed E-state index contributed by atoms with van der Waals surface area (Å²) in [6.45, 7) is 8.57. The minimum Gasteiger partial charge on any atom is -0.428 e. The van der Waals surface area contributed by atoms with E-state index in [2.05, 4.69) is 20.3 Å². The van der Waals surface area contributed by atoms with Crippen LogP contribution < -0.4 is 5.32 Å². The number of esters is 1. The maximum Gasteiger partial charge on any atom is 0.511 e. The molecule has 12 heteroatoms. The first kappa shape index (κ1) is 30.9.